The Labute approximate surface area is 129 Å². The lowest BCUT2D eigenvalue weighted by atomic mass is 10.1. The lowest BCUT2D eigenvalue weighted by Crippen LogP contribution is -2.24. The molecule has 4 heteroatoms. The number of hydrogen-bond acceptors (Lipinski definition) is 3. The van der Waals surface area contributed by atoms with Crippen molar-refractivity contribution in [1.82, 2.24) is 14.3 Å². The summed E-state index contributed by atoms with van der Waals surface area (Å²) in [5.74, 6) is 0. The Balaban J connectivity index is 1.85. The van der Waals surface area contributed by atoms with Crippen LogP contribution in [-0.4, -0.2) is 21.3 Å². The van der Waals surface area contributed by atoms with E-state index in [1.54, 1.807) is 16.7 Å². The number of fused-ring (bicyclic) bond motifs is 1. The zero-order chi connectivity index (χ0) is 15.5. The molecule has 2 heterocycles. The summed E-state index contributed by atoms with van der Waals surface area (Å²) in [6.45, 7) is 2.79. The highest BCUT2D eigenvalue weighted by Gasteiger charge is 2.13. The van der Waals surface area contributed by atoms with Crippen LogP contribution in [0.4, 0.5) is 0 Å². The van der Waals surface area contributed by atoms with Crippen LogP contribution in [0.15, 0.2) is 65.6 Å². The van der Waals surface area contributed by atoms with Gasteiger partial charge in [-0.05, 0) is 31.7 Å². The molecule has 1 atom stereocenters. The molecule has 2 aromatic heterocycles. The molecule has 0 saturated heterocycles. The number of pyridine rings is 1. The van der Waals surface area contributed by atoms with E-state index in [0.717, 1.165) is 5.69 Å². The number of benzene rings is 1. The van der Waals surface area contributed by atoms with Gasteiger partial charge in [0.25, 0.3) is 5.56 Å². The van der Waals surface area contributed by atoms with Gasteiger partial charge in [0.1, 0.15) is 5.65 Å². The predicted molar refractivity (Wildman–Crippen MR) is 87.8 cm³/mol. The van der Waals surface area contributed by atoms with Crippen LogP contribution in [-0.2, 0) is 6.54 Å². The van der Waals surface area contributed by atoms with Crippen LogP contribution in [0.1, 0.15) is 24.2 Å². The van der Waals surface area contributed by atoms with Gasteiger partial charge >= 0.3 is 0 Å². The lowest BCUT2D eigenvalue weighted by Gasteiger charge is -2.24. The van der Waals surface area contributed by atoms with Gasteiger partial charge in [-0.3, -0.25) is 14.1 Å². The monoisotopic (exact) mass is 293 g/mol. The van der Waals surface area contributed by atoms with Crippen molar-refractivity contribution in [2.75, 3.05) is 7.05 Å². The van der Waals surface area contributed by atoms with Gasteiger partial charge < -0.3 is 0 Å². The van der Waals surface area contributed by atoms with Crippen molar-refractivity contribution >= 4 is 5.65 Å². The summed E-state index contributed by atoms with van der Waals surface area (Å²) in [6.07, 6.45) is 1.74. The lowest BCUT2D eigenvalue weighted by molar-refractivity contribution is 0.250. The molecule has 0 aliphatic rings. The molecule has 0 aliphatic heterocycles. The normalized spacial score (nSPS) is 12.7. The molecule has 0 N–H and O–H groups in total. The number of aromatic nitrogens is 2. The molecule has 0 fully saturated rings. The summed E-state index contributed by atoms with van der Waals surface area (Å²) in [4.78, 5) is 18.9. The van der Waals surface area contributed by atoms with Crippen molar-refractivity contribution in [1.29, 1.82) is 0 Å². The maximum Gasteiger partial charge on any atom is 0.258 e. The molecule has 0 aliphatic carbocycles. The summed E-state index contributed by atoms with van der Waals surface area (Å²) in [5.41, 5.74) is 2.69. The molecular weight excluding hydrogens is 274 g/mol. The summed E-state index contributed by atoms with van der Waals surface area (Å²) in [6, 6.07) is 17.8. The first-order valence-electron chi connectivity index (χ1n) is 7.37. The zero-order valence-electron chi connectivity index (χ0n) is 12.8. The molecule has 0 unspecified atom stereocenters. The molecule has 112 valence electrons. The molecule has 22 heavy (non-hydrogen) atoms. The first-order valence-corrected chi connectivity index (χ1v) is 7.37. The van der Waals surface area contributed by atoms with Crippen LogP contribution >= 0.6 is 0 Å². The molecule has 0 amide bonds. The van der Waals surface area contributed by atoms with Crippen molar-refractivity contribution in [2.24, 2.45) is 0 Å². The molecule has 0 saturated carbocycles. The summed E-state index contributed by atoms with van der Waals surface area (Å²) in [5, 5.41) is 0. The van der Waals surface area contributed by atoms with E-state index in [4.69, 9.17) is 0 Å². The maximum absolute atomic E-state index is 12.1. The maximum atomic E-state index is 12.1. The van der Waals surface area contributed by atoms with E-state index in [0.29, 0.717) is 12.2 Å². The number of rotatable bonds is 4. The molecule has 0 radical (unpaired) electrons. The highest BCUT2D eigenvalue weighted by molar-refractivity contribution is 5.38. The molecule has 1 aromatic carbocycles. The molecule has 3 aromatic rings. The topological polar surface area (TPSA) is 37.6 Å². The molecule has 4 nitrogen and oxygen atoms in total. The van der Waals surface area contributed by atoms with Gasteiger partial charge in [0, 0.05) is 24.8 Å². The van der Waals surface area contributed by atoms with E-state index in [9.17, 15) is 4.79 Å². The van der Waals surface area contributed by atoms with Crippen molar-refractivity contribution in [3.63, 3.8) is 0 Å². The summed E-state index contributed by atoms with van der Waals surface area (Å²) < 4.78 is 1.56. The Morgan fingerprint density at radius 2 is 1.86 bits per heavy atom. The summed E-state index contributed by atoms with van der Waals surface area (Å²) in [7, 11) is 2.05. The summed E-state index contributed by atoms with van der Waals surface area (Å²) >= 11 is 0. The van der Waals surface area contributed by atoms with Crippen LogP contribution in [0, 0.1) is 0 Å². The third-order valence-electron chi connectivity index (χ3n) is 3.98. The van der Waals surface area contributed by atoms with Gasteiger partial charge in [-0.15, -0.1) is 0 Å². The molecular formula is C18H19N3O. The van der Waals surface area contributed by atoms with Crippen LogP contribution < -0.4 is 5.56 Å². The fourth-order valence-electron chi connectivity index (χ4n) is 2.56. The Kier molecular flexibility index (Phi) is 4.02. The largest absolute Gasteiger partial charge is 0.294 e. The second-order valence-corrected chi connectivity index (χ2v) is 5.52. The van der Waals surface area contributed by atoms with E-state index in [1.165, 1.54) is 5.56 Å². The van der Waals surface area contributed by atoms with Gasteiger partial charge in [-0.25, -0.2) is 4.98 Å². The van der Waals surface area contributed by atoms with E-state index in [1.807, 2.05) is 43.4 Å². The van der Waals surface area contributed by atoms with E-state index in [-0.39, 0.29) is 11.6 Å². The van der Waals surface area contributed by atoms with Gasteiger partial charge in [-0.2, -0.15) is 0 Å². The SMILES string of the molecule is C[C@@H](c1ccccc1)N(C)Cc1cc(=O)n2ccccc2n1. The van der Waals surface area contributed by atoms with E-state index >= 15 is 0 Å². The first kappa shape index (κ1) is 14.5. The fourth-order valence-corrected chi connectivity index (χ4v) is 2.56. The fraction of sp³-hybridized carbons (Fsp3) is 0.222. The van der Waals surface area contributed by atoms with Crippen LogP contribution in [0.2, 0.25) is 0 Å². The van der Waals surface area contributed by atoms with Crippen molar-refractivity contribution in [2.45, 2.75) is 19.5 Å². The predicted octanol–water partition coefficient (Wildman–Crippen LogP) is 2.89. The minimum Gasteiger partial charge on any atom is -0.294 e. The number of nitrogens with zero attached hydrogens (tertiary/aromatic N) is 3. The Bertz CT molecular complexity index is 826. The minimum absolute atomic E-state index is 0.0404. The number of hydrogen-bond donors (Lipinski definition) is 0. The van der Waals surface area contributed by atoms with Crippen molar-refractivity contribution in [3.05, 3.63) is 82.4 Å². The van der Waals surface area contributed by atoms with E-state index in [2.05, 4.69) is 28.9 Å². The van der Waals surface area contributed by atoms with Crippen molar-refractivity contribution < 1.29 is 0 Å². The third kappa shape index (κ3) is 2.92. The Morgan fingerprint density at radius 1 is 1.14 bits per heavy atom. The van der Waals surface area contributed by atoms with Crippen molar-refractivity contribution in [3.8, 4) is 0 Å². The van der Waals surface area contributed by atoms with Gasteiger partial charge in [0.2, 0.25) is 0 Å². The quantitative estimate of drug-likeness (QED) is 0.742. The first-order chi connectivity index (χ1) is 10.6. The van der Waals surface area contributed by atoms with Crippen LogP contribution in [0.5, 0.6) is 0 Å². The zero-order valence-corrected chi connectivity index (χ0v) is 12.8. The minimum atomic E-state index is -0.0404. The molecule has 3 rings (SSSR count). The van der Waals surface area contributed by atoms with E-state index < -0.39 is 0 Å². The van der Waals surface area contributed by atoms with Gasteiger partial charge in [-0.1, -0.05) is 36.4 Å². The average molecular weight is 293 g/mol. The second kappa shape index (κ2) is 6.12. The van der Waals surface area contributed by atoms with Gasteiger partial charge in [0.15, 0.2) is 0 Å². The standard InChI is InChI=1S/C18H19N3O/c1-14(15-8-4-3-5-9-15)20(2)13-16-12-18(22)21-11-7-6-10-17(21)19-16/h3-12,14H,13H2,1-2H3/t14-/m0/s1. The average Bonchev–Trinajstić information content (AvgIpc) is 2.55. The van der Waals surface area contributed by atoms with Crippen LogP contribution in [0.25, 0.3) is 5.65 Å². The highest BCUT2D eigenvalue weighted by Crippen LogP contribution is 2.19. The van der Waals surface area contributed by atoms with Crippen LogP contribution in [0.3, 0.4) is 0 Å². The molecule has 0 bridgehead atoms. The molecule has 0 spiro atoms. The highest BCUT2D eigenvalue weighted by atomic mass is 16.1. The van der Waals surface area contributed by atoms with Gasteiger partial charge in [0.05, 0.1) is 5.69 Å². The second-order valence-electron chi connectivity index (χ2n) is 5.52. The Morgan fingerprint density at radius 3 is 2.64 bits per heavy atom. The third-order valence-corrected chi connectivity index (χ3v) is 3.98. The smallest absolute Gasteiger partial charge is 0.258 e. The Hall–Kier alpha value is -2.46.